The molecule has 0 radical (unpaired) electrons. The molecule has 1 N–H and O–H groups in total. The van der Waals surface area contributed by atoms with Crippen LogP contribution in [0.3, 0.4) is 0 Å². The van der Waals surface area contributed by atoms with Crippen LogP contribution < -0.4 is 0 Å². The molecule has 3 fully saturated rings. The molecule has 0 saturated carbocycles. The van der Waals surface area contributed by atoms with E-state index in [4.69, 9.17) is 9.84 Å². The second-order valence-corrected chi connectivity index (χ2v) is 13.3. The minimum absolute atomic E-state index is 0.00489. The van der Waals surface area contributed by atoms with Crippen molar-refractivity contribution in [2.45, 2.75) is 65.9 Å². The Morgan fingerprint density at radius 1 is 1.18 bits per heavy atom. The SMILES string of the molecule is C=CCCOC(=O)[C@H]1[C@@H]2SC3(CC2Br)C(C(=O)N(CC=C)Cc2ccccc2)N(CCCCCCO)C(=O)[C@H]13. The highest BCUT2D eigenvalue weighted by Gasteiger charge is 2.76. The molecule has 4 rings (SSSR count). The summed E-state index contributed by atoms with van der Waals surface area (Å²) in [6.45, 7) is 9.18. The molecule has 3 aliphatic heterocycles. The average Bonchev–Trinajstić information content (AvgIpc) is 3.52. The van der Waals surface area contributed by atoms with Crippen molar-refractivity contribution in [1.82, 2.24) is 9.80 Å². The number of hydrogen-bond acceptors (Lipinski definition) is 6. The number of thioether (sulfide) groups is 1. The van der Waals surface area contributed by atoms with Crippen LogP contribution in [0, 0.1) is 11.8 Å². The molecule has 7 nitrogen and oxygen atoms in total. The Kier molecular flexibility index (Phi) is 10.3. The third-order valence-corrected chi connectivity index (χ3v) is 11.3. The largest absolute Gasteiger partial charge is 0.465 e. The fourth-order valence-electron chi connectivity index (χ4n) is 6.37. The van der Waals surface area contributed by atoms with Crippen LogP contribution in [0.2, 0.25) is 0 Å². The van der Waals surface area contributed by atoms with Crippen molar-refractivity contribution in [2.75, 3.05) is 26.3 Å². The molecule has 0 aliphatic carbocycles. The van der Waals surface area contributed by atoms with E-state index in [0.29, 0.717) is 38.9 Å². The maximum Gasteiger partial charge on any atom is 0.310 e. The van der Waals surface area contributed by atoms with Crippen molar-refractivity contribution in [1.29, 1.82) is 0 Å². The first-order valence-electron chi connectivity index (χ1n) is 13.8. The van der Waals surface area contributed by atoms with Crippen molar-refractivity contribution >= 4 is 45.5 Å². The lowest BCUT2D eigenvalue weighted by molar-refractivity contribution is -0.154. The van der Waals surface area contributed by atoms with Crippen LogP contribution in [0.1, 0.15) is 44.1 Å². The van der Waals surface area contributed by atoms with Crippen molar-refractivity contribution in [3.63, 3.8) is 0 Å². The number of unbranched alkanes of at least 4 members (excludes halogenated alkanes) is 3. The Hall–Kier alpha value is -2.10. The number of nitrogens with zero attached hydrogens (tertiary/aromatic N) is 2. The summed E-state index contributed by atoms with van der Waals surface area (Å²) >= 11 is 5.43. The number of hydrogen-bond donors (Lipinski definition) is 1. The normalized spacial score (nSPS) is 28.8. The monoisotopic (exact) mass is 618 g/mol. The van der Waals surface area contributed by atoms with E-state index in [2.05, 4.69) is 29.1 Å². The standard InChI is InChI=1S/C30H39BrN2O5S/c1-3-5-18-38-29(37)23-24-27(35)33(16-11-6-7-12-17-34)26(30(24)19-22(31)25(23)39-30)28(36)32(15-4-2)20-21-13-9-8-10-14-21/h3-4,8-10,13-14,22-26,34H,1-2,5-7,11-12,15-20H2/t22?,23-,24+,25-,26?,30?/m1/s1. The van der Waals surface area contributed by atoms with Crippen LogP contribution in [-0.2, 0) is 25.7 Å². The van der Waals surface area contributed by atoms with Crippen LogP contribution >= 0.6 is 27.7 Å². The summed E-state index contributed by atoms with van der Waals surface area (Å²) in [5, 5.41) is 9.02. The van der Waals surface area contributed by atoms with Crippen LogP contribution in [0.25, 0.3) is 0 Å². The Bertz CT molecular complexity index is 1060. The predicted octanol–water partition coefficient (Wildman–Crippen LogP) is 4.34. The molecule has 0 aromatic heterocycles. The van der Waals surface area contributed by atoms with E-state index in [1.54, 1.807) is 33.7 Å². The lowest BCUT2D eigenvalue weighted by Crippen LogP contribution is -2.55. The number of ether oxygens (including phenoxy) is 1. The van der Waals surface area contributed by atoms with E-state index < -0.39 is 22.6 Å². The number of rotatable bonds is 15. The zero-order chi connectivity index (χ0) is 28.0. The van der Waals surface area contributed by atoms with Gasteiger partial charge in [-0.15, -0.1) is 24.9 Å². The number of amides is 2. The lowest BCUT2D eigenvalue weighted by atomic mass is 9.71. The first-order valence-corrected chi connectivity index (χ1v) is 15.6. The molecular formula is C30H39BrN2O5S. The molecule has 3 aliphatic rings. The highest BCUT2D eigenvalue weighted by Crippen LogP contribution is 2.68. The number of fused-ring (bicyclic) bond motifs is 1. The van der Waals surface area contributed by atoms with Gasteiger partial charge in [0.1, 0.15) is 6.04 Å². The maximum absolute atomic E-state index is 14.4. The summed E-state index contributed by atoms with van der Waals surface area (Å²) < 4.78 is 4.90. The molecule has 1 spiro atoms. The first kappa shape index (κ1) is 29.9. The number of carbonyl (C=O) groups excluding carboxylic acids is 3. The minimum Gasteiger partial charge on any atom is -0.465 e. The van der Waals surface area contributed by atoms with Crippen LogP contribution in [0.4, 0.5) is 0 Å². The number of likely N-dealkylation sites (tertiary alicyclic amines) is 1. The number of esters is 1. The number of aliphatic hydroxyl groups excluding tert-OH is 1. The van der Waals surface area contributed by atoms with Crippen LogP contribution in [0.15, 0.2) is 55.6 Å². The van der Waals surface area contributed by atoms with Gasteiger partial charge in [0.15, 0.2) is 0 Å². The van der Waals surface area contributed by atoms with E-state index >= 15 is 0 Å². The topological polar surface area (TPSA) is 87.2 Å². The highest BCUT2D eigenvalue weighted by atomic mass is 79.9. The number of benzene rings is 1. The summed E-state index contributed by atoms with van der Waals surface area (Å²) in [6, 6.07) is 9.15. The third-order valence-electron chi connectivity index (χ3n) is 8.05. The smallest absolute Gasteiger partial charge is 0.310 e. The van der Waals surface area contributed by atoms with Crippen LogP contribution in [-0.4, -0.2) is 79.9 Å². The maximum atomic E-state index is 14.4. The van der Waals surface area contributed by atoms with E-state index in [1.165, 1.54) is 0 Å². The molecule has 3 heterocycles. The fraction of sp³-hybridized carbons (Fsp3) is 0.567. The molecule has 9 heteroatoms. The molecule has 212 valence electrons. The Morgan fingerprint density at radius 2 is 1.92 bits per heavy atom. The van der Waals surface area contributed by atoms with Crippen molar-refractivity contribution in [3.05, 3.63) is 61.2 Å². The molecule has 2 amide bonds. The molecule has 39 heavy (non-hydrogen) atoms. The summed E-state index contributed by atoms with van der Waals surface area (Å²) in [5.74, 6) is -1.76. The van der Waals surface area contributed by atoms with Crippen molar-refractivity contribution < 1.29 is 24.2 Å². The third kappa shape index (κ3) is 6.00. The number of halogens is 1. The molecule has 1 aromatic carbocycles. The van der Waals surface area contributed by atoms with Gasteiger partial charge in [0.05, 0.1) is 23.2 Å². The van der Waals surface area contributed by atoms with Crippen molar-refractivity contribution in [2.24, 2.45) is 11.8 Å². The van der Waals surface area contributed by atoms with E-state index in [9.17, 15) is 14.4 Å². The van der Waals surface area contributed by atoms with E-state index in [0.717, 1.165) is 24.8 Å². The average molecular weight is 620 g/mol. The summed E-state index contributed by atoms with van der Waals surface area (Å²) in [4.78, 5) is 45.5. The molecular weight excluding hydrogens is 580 g/mol. The van der Waals surface area contributed by atoms with Gasteiger partial charge in [0.25, 0.3) is 0 Å². The van der Waals surface area contributed by atoms with Gasteiger partial charge in [-0.1, -0.05) is 71.3 Å². The number of alkyl halides is 1. The van der Waals surface area contributed by atoms with Gasteiger partial charge in [-0.25, -0.2) is 0 Å². The van der Waals surface area contributed by atoms with Gasteiger partial charge in [0, 0.05) is 36.3 Å². The highest BCUT2D eigenvalue weighted by molar-refractivity contribution is 9.09. The Balaban J connectivity index is 1.66. The first-order chi connectivity index (χ1) is 18.9. The zero-order valence-corrected chi connectivity index (χ0v) is 24.8. The molecule has 3 unspecified atom stereocenters. The van der Waals surface area contributed by atoms with Crippen molar-refractivity contribution in [3.8, 4) is 0 Å². The fourth-order valence-corrected chi connectivity index (χ4v) is 9.97. The summed E-state index contributed by atoms with van der Waals surface area (Å²) in [6.07, 6.45) is 7.78. The van der Waals surface area contributed by atoms with Gasteiger partial charge in [-0.3, -0.25) is 14.4 Å². The van der Waals surface area contributed by atoms with Gasteiger partial charge >= 0.3 is 5.97 Å². The van der Waals surface area contributed by atoms with Gasteiger partial charge in [-0.2, -0.15) is 0 Å². The Morgan fingerprint density at radius 3 is 2.62 bits per heavy atom. The molecule has 3 saturated heterocycles. The predicted molar refractivity (Wildman–Crippen MR) is 157 cm³/mol. The van der Waals surface area contributed by atoms with Crippen LogP contribution in [0.5, 0.6) is 0 Å². The quantitative estimate of drug-likeness (QED) is 0.136. The van der Waals surface area contributed by atoms with Gasteiger partial charge in [0.2, 0.25) is 11.8 Å². The van der Waals surface area contributed by atoms with E-state index in [1.807, 2.05) is 30.3 Å². The second kappa shape index (κ2) is 13.5. The lowest BCUT2D eigenvalue weighted by Gasteiger charge is -2.38. The van der Waals surface area contributed by atoms with E-state index in [-0.39, 0.29) is 41.1 Å². The van der Waals surface area contributed by atoms with Gasteiger partial charge in [-0.05, 0) is 31.2 Å². The minimum atomic E-state index is -0.698. The summed E-state index contributed by atoms with van der Waals surface area (Å²) in [7, 11) is 0. The second-order valence-electron chi connectivity index (χ2n) is 10.6. The number of aliphatic hydroxyl groups is 1. The zero-order valence-electron chi connectivity index (χ0n) is 22.4. The van der Waals surface area contributed by atoms with Gasteiger partial charge < -0.3 is 19.6 Å². The molecule has 1 aromatic rings. The summed E-state index contributed by atoms with van der Waals surface area (Å²) in [5.41, 5.74) is 1.01. The number of carbonyl (C=O) groups is 3. The molecule has 2 bridgehead atoms. The molecule has 6 atom stereocenters. The Labute approximate surface area is 244 Å².